The average molecular weight is 530 g/mol. The van der Waals surface area contributed by atoms with Crippen LogP contribution in [0.4, 0.5) is 4.79 Å². The minimum Gasteiger partial charge on any atom is -0.442 e. The smallest absolute Gasteiger partial charge is 0.431 e. The standard InChI is InChI=1S/C26H47N3O8/c1-24(2,3)37-23(33)29-36-18-22(32)28-25(4,5)13-15-35-26(6,7)12-14-27-21(31)17-34-16-20(30)19-10-8-9-11-19/h19H,8-18H2,1-7H3,(H,27,31)(H,28,32)(H,29,33). The van der Waals surface area contributed by atoms with E-state index >= 15 is 0 Å². The van der Waals surface area contributed by atoms with Gasteiger partial charge in [-0.1, -0.05) is 12.8 Å². The molecule has 0 aromatic heterocycles. The van der Waals surface area contributed by atoms with Gasteiger partial charge in [0.1, 0.15) is 18.8 Å². The maximum Gasteiger partial charge on any atom is 0.431 e. The SMILES string of the molecule is CC(C)(CCOC(C)(C)CCNC(=O)COCC(=O)C1CCCC1)NC(=O)CONC(=O)OC(C)(C)C. The molecule has 0 atom stereocenters. The van der Waals surface area contributed by atoms with Gasteiger partial charge < -0.3 is 24.8 Å². The lowest BCUT2D eigenvalue weighted by atomic mass is 10.0. The van der Waals surface area contributed by atoms with Crippen molar-refractivity contribution in [2.75, 3.05) is 33.0 Å². The summed E-state index contributed by atoms with van der Waals surface area (Å²) in [7, 11) is 0. The second-order valence-electron chi connectivity index (χ2n) is 11.7. The average Bonchev–Trinajstić information content (AvgIpc) is 3.26. The van der Waals surface area contributed by atoms with Crippen LogP contribution in [-0.2, 0) is 33.4 Å². The topological polar surface area (TPSA) is 141 Å². The first-order valence-electron chi connectivity index (χ1n) is 13.0. The van der Waals surface area contributed by atoms with Crippen LogP contribution >= 0.6 is 0 Å². The van der Waals surface area contributed by atoms with E-state index in [-0.39, 0.29) is 37.4 Å². The van der Waals surface area contributed by atoms with E-state index in [1.807, 2.05) is 27.7 Å². The fraction of sp³-hybridized carbons (Fsp3) is 0.846. The Labute approximate surface area is 221 Å². The van der Waals surface area contributed by atoms with Crippen molar-refractivity contribution < 1.29 is 38.2 Å². The van der Waals surface area contributed by atoms with Gasteiger partial charge in [-0.15, -0.1) is 0 Å². The number of hydroxylamine groups is 1. The summed E-state index contributed by atoms with van der Waals surface area (Å²) in [4.78, 5) is 52.6. The summed E-state index contributed by atoms with van der Waals surface area (Å²) in [6, 6.07) is 0. The van der Waals surface area contributed by atoms with Crippen molar-refractivity contribution in [3.05, 3.63) is 0 Å². The molecule has 37 heavy (non-hydrogen) atoms. The van der Waals surface area contributed by atoms with Crippen LogP contribution < -0.4 is 16.1 Å². The fourth-order valence-corrected chi connectivity index (χ4v) is 3.75. The van der Waals surface area contributed by atoms with Crippen LogP contribution in [0, 0.1) is 5.92 Å². The van der Waals surface area contributed by atoms with Gasteiger partial charge in [-0.3, -0.25) is 19.2 Å². The maximum atomic E-state index is 12.1. The normalized spacial score (nSPS) is 14.8. The van der Waals surface area contributed by atoms with Gasteiger partial charge in [0.05, 0.1) is 5.60 Å². The fourth-order valence-electron chi connectivity index (χ4n) is 3.75. The van der Waals surface area contributed by atoms with E-state index in [0.717, 1.165) is 25.7 Å². The van der Waals surface area contributed by atoms with E-state index in [4.69, 9.17) is 19.0 Å². The van der Waals surface area contributed by atoms with Gasteiger partial charge in [-0.05, 0) is 74.1 Å². The second-order valence-corrected chi connectivity index (χ2v) is 11.7. The number of ketones is 1. The summed E-state index contributed by atoms with van der Waals surface area (Å²) in [5.74, 6) is -0.477. The van der Waals surface area contributed by atoms with Gasteiger partial charge in [-0.25, -0.2) is 4.79 Å². The zero-order valence-corrected chi connectivity index (χ0v) is 23.6. The Morgan fingerprint density at radius 2 is 1.49 bits per heavy atom. The summed E-state index contributed by atoms with van der Waals surface area (Å²) < 4.78 is 16.3. The van der Waals surface area contributed by atoms with E-state index in [9.17, 15) is 19.2 Å². The van der Waals surface area contributed by atoms with Crippen molar-refractivity contribution in [1.29, 1.82) is 0 Å². The predicted molar refractivity (Wildman–Crippen MR) is 138 cm³/mol. The number of Topliss-reactive ketones (excluding diaryl/α,β-unsaturated/α-hetero) is 1. The molecule has 0 aromatic carbocycles. The minimum atomic E-state index is -0.770. The molecule has 3 N–H and O–H groups in total. The predicted octanol–water partition coefficient (Wildman–Crippen LogP) is 2.81. The summed E-state index contributed by atoms with van der Waals surface area (Å²) >= 11 is 0. The lowest BCUT2D eigenvalue weighted by Gasteiger charge is -2.30. The van der Waals surface area contributed by atoms with Crippen LogP contribution in [0.1, 0.15) is 87.0 Å². The van der Waals surface area contributed by atoms with Crippen molar-refractivity contribution in [3.8, 4) is 0 Å². The van der Waals surface area contributed by atoms with Crippen molar-refractivity contribution in [3.63, 3.8) is 0 Å². The monoisotopic (exact) mass is 529 g/mol. The van der Waals surface area contributed by atoms with Crippen LogP contribution in [-0.4, -0.2) is 73.4 Å². The number of amides is 3. The highest BCUT2D eigenvalue weighted by molar-refractivity contribution is 5.83. The third-order valence-electron chi connectivity index (χ3n) is 5.79. The first-order valence-corrected chi connectivity index (χ1v) is 13.0. The molecule has 11 heteroatoms. The third kappa shape index (κ3) is 16.3. The third-order valence-corrected chi connectivity index (χ3v) is 5.79. The number of hydrogen-bond donors (Lipinski definition) is 3. The van der Waals surface area contributed by atoms with E-state index < -0.39 is 28.7 Å². The van der Waals surface area contributed by atoms with Gasteiger partial charge in [-0.2, -0.15) is 5.48 Å². The number of hydrogen-bond acceptors (Lipinski definition) is 8. The minimum absolute atomic E-state index is 0.00854. The Morgan fingerprint density at radius 3 is 2.11 bits per heavy atom. The lowest BCUT2D eigenvalue weighted by Crippen LogP contribution is -2.47. The first kappa shape index (κ1) is 32.8. The van der Waals surface area contributed by atoms with Gasteiger partial charge >= 0.3 is 6.09 Å². The zero-order chi connectivity index (χ0) is 28.1. The summed E-state index contributed by atoms with van der Waals surface area (Å²) in [5.41, 5.74) is 0.351. The molecule has 0 aliphatic heterocycles. The van der Waals surface area contributed by atoms with Crippen LogP contribution in [0.5, 0.6) is 0 Å². The Morgan fingerprint density at radius 1 is 0.838 bits per heavy atom. The molecule has 1 saturated carbocycles. The highest BCUT2D eigenvalue weighted by Crippen LogP contribution is 2.25. The zero-order valence-electron chi connectivity index (χ0n) is 23.6. The highest BCUT2D eigenvalue weighted by atomic mass is 16.7. The molecule has 0 unspecified atom stereocenters. The molecule has 1 aliphatic carbocycles. The number of carbonyl (C=O) groups excluding carboxylic acids is 4. The van der Waals surface area contributed by atoms with E-state index in [0.29, 0.717) is 26.0 Å². The van der Waals surface area contributed by atoms with Crippen LogP contribution in [0.3, 0.4) is 0 Å². The summed E-state index contributed by atoms with van der Waals surface area (Å²) in [5, 5.41) is 5.63. The molecule has 0 spiro atoms. The molecular weight excluding hydrogens is 482 g/mol. The molecule has 0 radical (unpaired) electrons. The Bertz CT molecular complexity index is 755. The molecule has 214 valence electrons. The molecular formula is C26H47N3O8. The van der Waals surface area contributed by atoms with E-state index in [2.05, 4.69) is 16.1 Å². The largest absolute Gasteiger partial charge is 0.442 e. The first-order chi connectivity index (χ1) is 17.1. The van der Waals surface area contributed by atoms with Gasteiger partial charge in [0.15, 0.2) is 12.4 Å². The molecule has 3 amide bonds. The quantitative estimate of drug-likeness (QED) is 0.259. The molecule has 0 bridgehead atoms. The van der Waals surface area contributed by atoms with Crippen molar-refractivity contribution in [2.24, 2.45) is 5.92 Å². The van der Waals surface area contributed by atoms with Gasteiger partial charge in [0.25, 0.3) is 0 Å². The van der Waals surface area contributed by atoms with Crippen LogP contribution in [0.2, 0.25) is 0 Å². The molecule has 0 saturated heterocycles. The number of carbonyl (C=O) groups is 4. The van der Waals surface area contributed by atoms with Crippen molar-refractivity contribution >= 4 is 23.7 Å². The molecule has 1 aliphatic rings. The lowest BCUT2D eigenvalue weighted by molar-refractivity contribution is -0.132. The number of rotatable bonds is 16. The van der Waals surface area contributed by atoms with E-state index in [1.54, 1.807) is 20.8 Å². The molecule has 1 rings (SSSR count). The number of nitrogens with one attached hydrogen (secondary N) is 3. The maximum absolute atomic E-state index is 12.1. The van der Waals surface area contributed by atoms with Crippen molar-refractivity contribution in [2.45, 2.75) is 104 Å². The molecule has 1 fully saturated rings. The van der Waals surface area contributed by atoms with Gasteiger partial charge in [0.2, 0.25) is 11.8 Å². The summed E-state index contributed by atoms with van der Waals surface area (Å²) in [6.07, 6.45) is 4.38. The Balaban J connectivity index is 2.18. The molecule has 0 heterocycles. The highest BCUT2D eigenvalue weighted by Gasteiger charge is 2.25. The van der Waals surface area contributed by atoms with Crippen molar-refractivity contribution in [1.82, 2.24) is 16.1 Å². The summed E-state index contributed by atoms with van der Waals surface area (Å²) in [6.45, 7) is 13.0. The van der Waals surface area contributed by atoms with Gasteiger partial charge in [0, 0.05) is 24.6 Å². The van der Waals surface area contributed by atoms with Crippen LogP contribution in [0.25, 0.3) is 0 Å². The number of ether oxygens (including phenoxy) is 3. The molecule has 0 aromatic rings. The molecule has 11 nitrogen and oxygen atoms in total. The Kier molecular flexibility index (Phi) is 13.5. The second kappa shape index (κ2) is 15.2. The van der Waals surface area contributed by atoms with Crippen LogP contribution in [0.15, 0.2) is 0 Å². The van der Waals surface area contributed by atoms with E-state index in [1.165, 1.54) is 0 Å². The Hall–Kier alpha value is -2.24.